The first kappa shape index (κ1) is 11.2. The first-order valence-electron chi connectivity index (χ1n) is 14.7. The number of benzene rings is 4. The average molecular weight is 410 g/mol. The number of ether oxygens (including phenoxy) is 1. The van der Waals surface area contributed by atoms with Crippen LogP contribution in [0.4, 0.5) is 17.1 Å². The summed E-state index contributed by atoms with van der Waals surface area (Å²) in [6.07, 6.45) is 0. The van der Waals surface area contributed by atoms with Crippen molar-refractivity contribution in [3.05, 3.63) is 96.3 Å². The Morgan fingerprint density at radius 2 is 1.58 bits per heavy atom. The van der Waals surface area contributed by atoms with Gasteiger partial charge in [0.2, 0.25) is 0 Å². The Morgan fingerprint density at radius 1 is 0.806 bits per heavy atom. The molecule has 0 amide bonds. The van der Waals surface area contributed by atoms with Gasteiger partial charge in [0.05, 0.1) is 12.3 Å². The predicted molar refractivity (Wildman–Crippen MR) is 131 cm³/mol. The molecule has 150 valence electrons. The Morgan fingerprint density at radius 3 is 2.39 bits per heavy atom. The summed E-state index contributed by atoms with van der Waals surface area (Å²) in [5, 5.41) is 0. The predicted octanol–water partition coefficient (Wildman–Crippen LogP) is 5.39. The molecule has 0 spiro atoms. The van der Waals surface area contributed by atoms with E-state index in [9.17, 15) is 0 Å². The lowest BCUT2D eigenvalue weighted by Crippen LogP contribution is -2.59. The zero-order chi connectivity index (χ0) is 29.0. The molecule has 2 heterocycles. The first-order valence-corrected chi connectivity index (χ1v) is 10.2. The molecule has 0 aliphatic carbocycles. The smallest absolute Gasteiger partial charge is 0.256 e. The summed E-state index contributed by atoms with van der Waals surface area (Å²) in [5.74, 6) is 1.03. The molecule has 0 N–H and O–H groups in total. The highest BCUT2D eigenvalue weighted by atomic mass is 16.5. The summed E-state index contributed by atoms with van der Waals surface area (Å²) in [7, 11) is 0. The number of hydrogen-bond donors (Lipinski definition) is 0. The van der Waals surface area contributed by atoms with E-state index in [0.29, 0.717) is 22.6 Å². The maximum atomic E-state index is 9.02. The number of para-hydroxylation sites is 2. The normalized spacial score (nSPS) is 17.8. The van der Waals surface area contributed by atoms with Gasteiger partial charge in [-0.25, -0.2) is 0 Å². The molecule has 0 unspecified atom stereocenters. The molecule has 2 nitrogen and oxygen atoms in total. The number of nitrogens with zero attached hydrogens (tertiary/aromatic N) is 1. The van der Waals surface area contributed by atoms with Crippen LogP contribution in [-0.4, -0.2) is 6.71 Å². The molecule has 0 fully saturated rings. The van der Waals surface area contributed by atoms with Gasteiger partial charge in [-0.1, -0.05) is 75.2 Å². The lowest BCUT2D eigenvalue weighted by Gasteiger charge is -2.40. The molecule has 2 aliphatic rings. The Labute approximate surface area is 196 Å². The zero-order valence-corrected chi connectivity index (χ0v) is 17.4. The van der Waals surface area contributed by atoms with Gasteiger partial charge >= 0.3 is 0 Å². The van der Waals surface area contributed by atoms with Crippen molar-refractivity contribution in [3.63, 3.8) is 0 Å². The van der Waals surface area contributed by atoms with Crippen LogP contribution in [0.15, 0.2) is 90.8 Å². The monoisotopic (exact) mass is 410 g/mol. The molecule has 0 atom stereocenters. The summed E-state index contributed by atoms with van der Waals surface area (Å²) in [4.78, 5) is 1.38. The van der Waals surface area contributed by atoms with Crippen LogP contribution < -0.4 is 26.0 Å². The molecule has 31 heavy (non-hydrogen) atoms. The highest BCUT2D eigenvalue weighted by Gasteiger charge is 2.41. The summed E-state index contributed by atoms with van der Waals surface area (Å²) >= 11 is 0. The molecule has 0 bridgehead atoms. The van der Waals surface area contributed by atoms with Crippen LogP contribution in [-0.2, 0) is 5.41 Å². The third-order valence-corrected chi connectivity index (χ3v) is 5.90. The van der Waals surface area contributed by atoms with Gasteiger partial charge in [0.25, 0.3) is 6.71 Å². The summed E-state index contributed by atoms with van der Waals surface area (Å²) in [6.45, 7) is 5.60. The number of rotatable bonds is 1. The lowest BCUT2D eigenvalue weighted by molar-refractivity contribution is 0.486. The van der Waals surface area contributed by atoms with Crippen molar-refractivity contribution in [3.8, 4) is 11.5 Å². The SMILES string of the molecule is [2H]c1c([2H])c([2H])c(N2c3cccc4c3B(c3cc(C(C)(C)C)ccc3O4)c3c([2H])c([2H])c([2H])c([2H])c32)c([2H])c1[2H]. The highest BCUT2D eigenvalue weighted by molar-refractivity contribution is 6.99. The van der Waals surface area contributed by atoms with Crippen LogP contribution in [0, 0.1) is 0 Å². The number of anilines is 3. The Kier molecular flexibility index (Phi) is 2.36. The van der Waals surface area contributed by atoms with Gasteiger partial charge in [0.15, 0.2) is 0 Å². The maximum absolute atomic E-state index is 9.02. The van der Waals surface area contributed by atoms with E-state index in [1.165, 1.54) is 4.90 Å². The quantitative estimate of drug-likeness (QED) is 0.337. The van der Waals surface area contributed by atoms with Crippen molar-refractivity contribution in [2.45, 2.75) is 26.2 Å². The van der Waals surface area contributed by atoms with Crippen LogP contribution in [0.1, 0.15) is 38.7 Å². The molecule has 0 radical (unpaired) electrons. The maximum Gasteiger partial charge on any atom is 0.256 e. The zero-order valence-electron chi connectivity index (χ0n) is 26.4. The van der Waals surface area contributed by atoms with Gasteiger partial charge < -0.3 is 9.64 Å². The molecule has 4 aromatic rings. The van der Waals surface area contributed by atoms with E-state index in [4.69, 9.17) is 17.1 Å². The van der Waals surface area contributed by atoms with Crippen molar-refractivity contribution in [2.75, 3.05) is 4.90 Å². The minimum atomic E-state index is -0.644. The molecule has 0 aromatic heterocycles. The van der Waals surface area contributed by atoms with Crippen molar-refractivity contribution in [1.29, 1.82) is 0 Å². The van der Waals surface area contributed by atoms with Gasteiger partial charge in [-0.2, -0.15) is 0 Å². The Hall–Kier alpha value is -3.46. The van der Waals surface area contributed by atoms with E-state index in [1.807, 2.05) is 18.2 Å². The fourth-order valence-electron chi connectivity index (χ4n) is 4.42. The third kappa shape index (κ3) is 2.73. The van der Waals surface area contributed by atoms with E-state index >= 15 is 0 Å². The summed E-state index contributed by atoms with van der Waals surface area (Å²) in [6, 6.07) is 6.98. The van der Waals surface area contributed by atoms with Crippen LogP contribution in [0.2, 0.25) is 0 Å². The summed E-state index contributed by atoms with van der Waals surface area (Å²) in [5.41, 5.74) is 2.68. The van der Waals surface area contributed by atoms with E-state index in [-0.39, 0.29) is 34.3 Å². The Balaban J connectivity index is 1.79. The molecule has 0 saturated heterocycles. The molecule has 2 aliphatic heterocycles. The van der Waals surface area contributed by atoms with Crippen molar-refractivity contribution in [2.24, 2.45) is 0 Å². The second-order valence-corrected chi connectivity index (χ2v) is 8.80. The van der Waals surface area contributed by atoms with Gasteiger partial charge in [-0.05, 0) is 63.7 Å². The van der Waals surface area contributed by atoms with Gasteiger partial charge in [0, 0.05) is 17.1 Å². The van der Waals surface area contributed by atoms with Crippen LogP contribution >= 0.6 is 0 Å². The third-order valence-electron chi connectivity index (χ3n) is 5.90. The molecule has 4 aromatic carbocycles. The Bertz CT molecular complexity index is 1750. The second kappa shape index (κ2) is 6.52. The molecule has 3 heteroatoms. The van der Waals surface area contributed by atoms with Crippen molar-refractivity contribution >= 4 is 40.2 Å². The van der Waals surface area contributed by atoms with Crippen molar-refractivity contribution < 1.29 is 17.1 Å². The van der Waals surface area contributed by atoms with Crippen LogP contribution in [0.3, 0.4) is 0 Å². The number of hydrogen-bond acceptors (Lipinski definition) is 2. The van der Waals surface area contributed by atoms with Gasteiger partial charge in [0.1, 0.15) is 11.5 Å². The van der Waals surface area contributed by atoms with E-state index in [2.05, 4.69) is 20.8 Å². The van der Waals surface area contributed by atoms with E-state index < -0.39 is 49.0 Å². The van der Waals surface area contributed by atoms with Crippen LogP contribution in [0.5, 0.6) is 11.5 Å². The highest BCUT2D eigenvalue weighted by Crippen LogP contribution is 2.40. The van der Waals surface area contributed by atoms with E-state index in [1.54, 1.807) is 18.2 Å². The standard InChI is InChI=1S/C28H24BNO/c1-28(2,3)19-16-17-25-22(18-19)29-21-12-7-8-13-23(21)30(20-10-5-4-6-11-20)24-14-9-15-26(31-25)27(24)29/h4-18H,1-3H3/i4D,5D,6D,7D,8D,10D,11D,12D,13D. The van der Waals surface area contributed by atoms with Gasteiger partial charge in [-0.3, -0.25) is 0 Å². The minimum Gasteiger partial charge on any atom is -0.458 e. The average Bonchev–Trinajstić information content (AvgIpc) is 2.92. The second-order valence-electron chi connectivity index (χ2n) is 8.80. The molecular weight excluding hydrogens is 377 g/mol. The summed E-state index contributed by atoms with van der Waals surface area (Å²) < 4.78 is 83.4. The fraction of sp³-hybridized carbons (Fsp3) is 0.143. The number of fused-ring (bicyclic) bond motifs is 4. The van der Waals surface area contributed by atoms with E-state index in [0.717, 1.165) is 11.0 Å². The fourth-order valence-corrected chi connectivity index (χ4v) is 4.42. The van der Waals surface area contributed by atoms with Crippen LogP contribution in [0.25, 0.3) is 0 Å². The minimum absolute atomic E-state index is 0.0493. The van der Waals surface area contributed by atoms with Crippen molar-refractivity contribution in [1.82, 2.24) is 0 Å². The first-order chi connectivity index (χ1) is 18.8. The largest absolute Gasteiger partial charge is 0.458 e. The molecular formula is C28H24BNO. The van der Waals surface area contributed by atoms with Gasteiger partial charge in [-0.15, -0.1) is 0 Å². The topological polar surface area (TPSA) is 12.5 Å². The molecule has 0 saturated carbocycles. The molecule has 6 rings (SSSR count). The lowest BCUT2D eigenvalue weighted by atomic mass is 9.34.